The number of oxime groups is 1. The third-order valence-corrected chi connectivity index (χ3v) is 4.01. The van der Waals surface area contributed by atoms with E-state index in [1.165, 1.54) is 0 Å². The van der Waals surface area contributed by atoms with E-state index in [2.05, 4.69) is 15.6 Å². The molecule has 0 fully saturated rings. The highest BCUT2D eigenvalue weighted by atomic mass is 19.4. The van der Waals surface area contributed by atoms with Crippen LogP contribution < -0.4 is 11.1 Å². The van der Waals surface area contributed by atoms with Crippen LogP contribution >= 0.6 is 0 Å². The van der Waals surface area contributed by atoms with Gasteiger partial charge in [-0.1, -0.05) is 23.4 Å². The van der Waals surface area contributed by atoms with E-state index >= 15 is 0 Å². The lowest BCUT2D eigenvalue weighted by Crippen LogP contribution is -2.28. The second kappa shape index (κ2) is 9.06. The molecule has 1 atom stereocenters. The standard InChI is InChI=1S/C17H21N5O2.C2HF3O2/c1-17(2,3)22-10-11(9-19-22)20-16(23)15-8-14(21-24-15)12-6-4-5-7-13(12)18;3-2(4,5)1(6)7/h4-7,9-10,15H,8,18H2,1-3H3,(H,20,23);(H,6,7). The van der Waals surface area contributed by atoms with Crippen LogP contribution in [0.1, 0.15) is 32.8 Å². The van der Waals surface area contributed by atoms with Crippen molar-refractivity contribution in [1.29, 1.82) is 0 Å². The van der Waals surface area contributed by atoms with Crippen molar-refractivity contribution < 1.29 is 32.7 Å². The number of carbonyl (C=O) groups is 2. The number of aliphatic carboxylic acids is 1. The number of alkyl halides is 3. The Bertz CT molecular complexity index is 979. The number of carboxylic acid groups (broad SMARTS) is 1. The summed E-state index contributed by atoms with van der Waals surface area (Å²) < 4.78 is 33.5. The van der Waals surface area contributed by atoms with Crippen molar-refractivity contribution in [3.05, 3.63) is 42.2 Å². The van der Waals surface area contributed by atoms with Crippen LogP contribution in [-0.4, -0.2) is 44.8 Å². The number of hydrogen-bond donors (Lipinski definition) is 3. The molecule has 9 nitrogen and oxygen atoms in total. The first-order valence-electron chi connectivity index (χ1n) is 9.02. The van der Waals surface area contributed by atoms with Gasteiger partial charge in [0.2, 0.25) is 6.10 Å². The van der Waals surface area contributed by atoms with Crippen LogP contribution in [-0.2, 0) is 20.0 Å². The van der Waals surface area contributed by atoms with Crippen LogP contribution in [0.5, 0.6) is 0 Å². The molecule has 0 saturated heterocycles. The molecule has 1 aliphatic rings. The largest absolute Gasteiger partial charge is 0.490 e. The quantitative estimate of drug-likeness (QED) is 0.628. The zero-order chi connectivity index (χ0) is 23.4. The molecule has 1 aromatic carbocycles. The smallest absolute Gasteiger partial charge is 0.475 e. The first kappa shape index (κ1) is 23.7. The van der Waals surface area contributed by atoms with Gasteiger partial charge in [-0.05, 0) is 26.8 Å². The number of hydrogen-bond acceptors (Lipinski definition) is 6. The minimum atomic E-state index is -5.08. The van der Waals surface area contributed by atoms with E-state index in [-0.39, 0.29) is 11.4 Å². The molecule has 1 aromatic heterocycles. The molecule has 1 aliphatic heterocycles. The predicted octanol–water partition coefficient (Wildman–Crippen LogP) is 2.99. The van der Waals surface area contributed by atoms with Crippen LogP contribution in [0.3, 0.4) is 0 Å². The Hall–Kier alpha value is -3.57. The second-order valence-corrected chi connectivity index (χ2v) is 7.56. The van der Waals surface area contributed by atoms with Crippen LogP contribution in [0.4, 0.5) is 24.5 Å². The third-order valence-electron chi connectivity index (χ3n) is 4.01. The highest BCUT2D eigenvalue weighted by Crippen LogP contribution is 2.22. The number of rotatable bonds is 3. The van der Waals surface area contributed by atoms with Gasteiger partial charge in [-0.15, -0.1) is 0 Å². The Morgan fingerprint density at radius 2 is 1.87 bits per heavy atom. The van der Waals surface area contributed by atoms with Crippen LogP contribution in [0.15, 0.2) is 41.8 Å². The van der Waals surface area contributed by atoms with E-state index < -0.39 is 18.2 Å². The van der Waals surface area contributed by atoms with Gasteiger partial charge in [-0.3, -0.25) is 9.48 Å². The van der Waals surface area contributed by atoms with Crippen molar-refractivity contribution in [2.45, 2.75) is 45.0 Å². The molecule has 0 spiro atoms. The molecular formula is C19H22F3N5O4. The Morgan fingerprint density at radius 1 is 1.26 bits per heavy atom. The average Bonchev–Trinajstić information content (AvgIpc) is 3.31. The Balaban J connectivity index is 0.000000423. The third kappa shape index (κ3) is 6.46. The van der Waals surface area contributed by atoms with Crippen molar-refractivity contribution in [3.63, 3.8) is 0 Å². The number of halogens is 3. The summed E-state index contributed by atoms with van der Waals surface area (Å²) in [6.45, 7) is 6.11. The lowest BCUT2D eigenvalue weighted by molar-refractivity contribution is -0.192. The summed E-state index contributed by atoms with van der Waals surface area (Å²) in [4.78, 5) is 26.5. The van der Waals surface area contributed by atoms with E-state index in [4.69, 9.17) is 20.5 Å². The maximum atomic E-state index is 12.4. The number of anilines is 2. The van der Waals surface area contributed by atoms with Crippen LogP contribution in [0.2, 0.25) is 0 Å². The highest BCUT2D eigenvalue weighted by Gasteiger charge is 2.38. The van der Waals surface area contributed by atoms with Crippen LogP contribution in [0.25, 0.3) is 0 Å². The number of nitrogens with one attached hydrogen (secondary N) is 1. The lowest BCUT2D eigenvalue weighted by atomic mass is 10.0. The number of carbonyl (C=O) groups excluding carboxylic acids is 1. The number of nitrogens with two attached hydrogens (primary N) is 1. The number of aromatic nitrogens is 2. The molecule has 0 bridgehead atoms. The van der Waals surface area contributed by atoms with Gasteiger partial charge in [0.15, 0.2) is 0 Å². The predicted molar refractivity (Wildman–Crippen MR) is 106 cm³/mol. The Morgan fingerprint density at radius 3 is 2.39 bits per heavy atom. The molecule has 1 unspecified atom stereocenters. The molecule has 4 N–H and O–H groups in total. The monoisotopic (exact) mass is 441 g/mol. The fraction of sp³-hybridized carbons (Fsp3) is 0.368. The second-order valence-electron chi connectivity index (χ2n) is 7.56. The molecule has 3 rings (SSSR count). The molecule has 1 amide bonds. The van der Waals surface area contributed by atoms with Gasteiger partial charge < -0.3 is 21.0 Å². The molecule has 2 aromatic rings. The maximum Gasteiger partial charge on any atom is 0.490 e. The van der Waals surface area contributed by atoms with Crippen molar-refractivity contribution in [3.8, 4) is 0 Å². The lowest BCUT2D eigenvalue weighted by Gasteiger charge is -2.18. The first-order valence-corrected chi connectivity index (χ1v) is 9.02. The van der Waals surface area contributed by atoms with Gasteiger partial charge in [-0.2, -0.15) is 18.3 Å². The summed E-state index contributed by atoms with van der Waals surface area (Å²) in [5.41, 5.74) is 8.52. The molecule has 31 heavy (non-hydrogen) atoms. The maximum absolute atomic E-state index is 12.4. The number of carboxylic acids is 1. The van der Waals surface area contributed by atoms with Gasteiger partial charge >= 0.3 is 12.1 Å². The van der Waals surface area contributed by atoms with Crippen molar-refractivity contribution in [2.75, 3.05) is 11.1 Å². The molecule has 0 saturated carbocycles. The molecule has 2 heterocycles. The topological polar surface area (TPSA) is 132 Å². The highest BCUT2D eigenvalue weighted by molar-refractivity contribution is 6.08. The van der Waals surface area contributed by atoms with Crippen LogP contribution in [0, 0.1) is 0 Å². The summed E-state index contributed by atoms with van der Waals surface area (Å²) in [5.74, 6) is -3.01. The number of amides is 1. The van der Waals surface area contributed by atoms with Gasteiger partial charge in [0.1, 0.15) is 0 Å². The van der Waals surface area contributed by atoms with E-state index in [1.54, 1.807) is 23.1 Å². The summed E-state index contributed by atoms with van der Waals surface area (Å²) in [6.07, 6.45) is -1.95. The summed E-state index contributed by atoms with van der Waals surface area (Å²) in [7, 11) is 0. The van der Waals surface area contributed by atoms with Gasteiger partial charge in [0, 0.05) is 23.9 Å². The van der Waals surface area contributed by atoms with Gasteiger partial charge in [0.05, 0.1) is 23.1 Å². The van der Waals surface area contributed by atoms with Crippen molar-refractivity contribution in [1.82, 2.24) is 9.78 Å². The van der Waals surface area contributed by atoms with E-state index in [0.717, 1.165) is 5.56 Å². The molecule has 0 radical (unpaired) electrons. The minimum absolute atomic E-state index is 0.145. The number of para-hydroxylation sites is 1. The number of nitrogen functional groups attached to an aromatic ring is 1. The number of nitrogens with zero attached hydrogens (tertiary/aromatic N) is 3. The van der Waals surface area contributed by atoms with Gasteiger partial charge in [0.25, 0.3) is 5.91 Å². The van der Waals surface area contributed by atoms with Crippen molar-refractivity contribution in [2.24, 2.45) is 5.16 Å². The SMILES string of the molecule is CC(C)(C)n1cc(NC(=O)C2CC(c3ccccc3N)=NO2)cn1.O=C(O)C(F)(F)F. The van der Waals surface area contributed by atoms with Crippen molar-refractivity contribution >= 4 is 29.0 Å². The summed E-state index contributed by atoms with van der Waals surface area (Å²) >= 11 is 0. The molecular weight excluding hydrogens is 419 g/mol. The normalized spacial score (nSPS) is 15.9. The summed E-state index contributed by atoms with van der Waals surface area (Å²) in [6, 6.07) is 7.39. The van der Waals surface area contributed by atoms with E-state index in [9.17, 15) is 18.0 Å². The fourth-order valence-electron chi connectivity index (χ4n) is 2.41. The van der Waals surface area contributed by atoms with E-state index in [0.29, 0.717) is 23.5 Å². The zero-order valence-corrected chi connectivity index (χ0v) is 17.0. The zero-order valence-electron chi connectivity index (χ0n) is 17.0. The molecule has 0 aliphatic carbocycles. The van der Waals surface area contributed by atoms with Gasteiger partial charge in [-0.25, -0.2) is 4.79 Å². The molecule has 12 heteroatoms. The van der Waals surface area contributed by atoms with E-state index in [1.807, 2.05) is 39.0 Å². The first-order chi connectivity index (χ1) is 14.3. The number of benzene rings is 1. The minimum Gasteiger partial charge on any atom is -0.475 e. The average molecular weight is 441 g/mol. The fourth-order valence-corrected chi connectivity index (χ4v) is 2.41. The molecule has 168 valence electrons. The Kier molecular flexibility index (Phi) is 6.93. The summed E-state index contributed by atoms with van der Waals surface area (Å²) in [5, 5.41) is 18.2. The Labute approximate surface area is 175 Å².